The van der Waals surface area contributed by atoms with E-state index >= 15 is 0 Å². The van der Waals surface area contributed by atoms with Gasteiger partial charge in [-0.25, -0.2) is 0 Å². The number of carbonyl (C=O) groups is 2. The van der Waals surface area contributed by atoms with E-state index in [4.69, 9.17) is 11.6 Å². The maximum atomic E-state index is 12.6. The lowest BCUT2D eigenvalue weighted by Gasteiger charge is -2.27. The van der Waals surface area contributed by atoms with Gasteiger partial charge in [-0.1, -0.05) is 23.7 Å². The summed E-state index contributed by atoms with van der Waals surface area (Å²) >= 11 is 6.11. The number of halogens is 1. The SMILES string of the molecule is Cc1c(Cl)cccc1NC(=O)C1CCC(C(=O)NCc2ccccn2)CC1. The normalized spacial score (nSPS) is 19.3. The number of carbonyl (C=O) groups excluding carboxylic acids is 2. The zero-order valence-corrected chi connectivity index (χ0v) is 16.1. The number of benzene rings is 1. The molecule has 1 aromatic heterocycles. The molecule has 0 unspecified atom stereocenters. The first-order chi connectivity index (χ1) is 13.0. The Morgan fingerprint density at radius 1 is 1.04 bits per heavy atom. The van der Waals surface area contributed by atoms with Crippen molar-refractivity contribution in [1.29, 1.82) is 0 Å². The lowest BCUT2D eigenvalue weighted by atomic mass is 9.81. The van der Waals surface area contributed by atoms with Crippen molar-refractivity contribution >= 4 is 29.1 Å². The summed E-state index contributed by atoms with van der Waals surface area (Å²) in [5.74, 6) is -0.0493. The number of amides is 2. The van der Waals surface area contributed by atoms with Crippen molar-refractivity contribution in [2.24, 2.45) is 11.8 Å². The minimum atomic E-state index is -0.0665. The molecule has 0 aliphatic heterocycles. The molecule has 1 fully saturated rings. The molecular weight excluding hydrogens is 362 g/mol. The van der Waals surface area contributed by atoms with E-state index in [0.717, 1.165) is 29.8 Å². The Balaban J connectivity index is 1.47. The molecule has 0 atom stereocenters. The number of nitrogens with zero attached hydrogens (tertiary/aromatic N) is 1. The Morgan fingerprint density at radius 3 is 2.41 bits per heavy atom. The summed E-state index contributed by atoms with van der Waals surface area (Å²) in [6.07, 6.45) is 4.59. The quantitative estimate of drug-likeness (QED) is 0.813. The number of hydrogen-bond acceptors (Lipinski definition) is 3. The fraction of sp³-hybridized carbons (Fsp3) is 0.381. The minimum Gasteiger partial charge on any atom is -0.350 e. The molecule has 1 aliphatic rings. The third kappa shape index (κ3) is 5.07. The monoisotopic (exact) mass is 385 g/mol. The number of nitrogens with one attached hydrogen (secondary N) is 2. The lowest BCUT2D eigenvalue weighted by molar-refractivity contribution is -0.128. The largest absolute Gasteiger partial charge is 0.350 e. The molecule has 1 heterocycles. The van der Waals surface area contributed by atoms with Gasteiger partial charge in [-0.3, -0.25) is 14.6 Å². The molecule has 0 bridgehead atoms. The molecule has 5 nitrogen and oxygen atoms in total. The molecule has 1 saturated carbocycles. The molecule has 142 valence electrons. The highest BCUT2D eigenvalue weighted by Gasteiger charge is 2.30. The first-order valence-corrected chi connectivity index (χ1v) is 9.66. The molecule has 6 heteroatoms. The van der Waals surface area contributed by atoms with Crippen LogP contribution >= 0.6 is 11.6 Å². The molecule has 0 saturated heterocycles. The van der Waals surface area contributed by atoms with Gasteiger partial charge in [-0.15, -0.1) is 0 Å². The third-order valence-corrected chi connectivity index (χ3v) is 5.57. The second kappa shape index (κ2) is 9.00. The zero-order chi connectivity index (χ0) is 19.2. The van der Waals surface area contributed by atoms with Crippen molar-refractivity contribution in [3.05, 3.63) is 58.9 Å². The molecule has 0 radical (unpaired) electrons. The topological polar surface area (TPSA) is 71.1 Å². The van der Waals surface area contributed by atoms with E-state index in [0.29, 0.717) is 24.4 Å². The summed E-state index contributed by atoms with van der Waals surface area (Å²) in [6.45, 7) is 2.33. The van der Waals surface area contributed by atoms with E-state index in [2.05, 4.69) is 15.6 Å². The van der Waals surface area contributed by atoms with Crippen LogP contribution in [0.25, 0.3) is 0 Å². The summed E-state index contributed by atoms with van der Waals surface area (Å²) in [4.78, 5) is 29.1. The standard InChI is InChI=1S/C21H24ClN3O2/c1-14-18(22)6-4-7-19(14)25-21(27)16-10-8-15(9-11-16)20(26)24-13-17-5-2-3-12-23-17/h2-7,12,15-16H,8-11,13H2,1H3,(H,24,26)(H,25,27). The first-order valence-electron chi connectivity index (χ1n) is 9.28. The lowest BCUT2D eigenvalue weighted by Crippen LogP contribution is -2.35. The smallest absolute Gasteiger partial charge is 0.227 e. The van der Waals surface area contributed by atoms with Gasteiger partial charge in [0.2, 0.25) is 11.8 Å². The van der Waals surface area contributed by atoms with Crippen LogP contribution in [-0.2, 0) is 16.1 Å². The van der Waals surface area contributed by atoms with Crippen LogP contribution in [0.3, 0.4) is 0 Å². The number of aromatic nitrogens is 1. The van der Waals surface area contributed by atoms with E-state index in [-0.39, 0.29) is 23.7 Å². The van der Waals surface area contributed by atoms with E-state index in [1.165, 1.54) is 0 Å². The molecule has 1 aromatic carbocycles. The molecule has 2 N–H and O–H groups in total. The maximum absolute atomic E-state index is 12.6. The van der Waals surface area contributed by atoms with Gasteiger partial charge < -0.3 is 10.6 Å². The van der Waals surface area contributed by atoms with Crippen molar-refractivity contribution in [1.82, 2.24) is 10.3 Å². The predicted molar refractivity (Wildman–Crippen MR) is 106 cm³/mol. The summed E-state index contributed by atoms with van der Waals surface area (Å²) in [7, 11) is 0. The molecule has 27 heavy (non-hydrogen) atoms. The minimum absolute atomic E-state index is 0.00714. The van der Waals surface area contributed by atoms with E-state index < -0.39 is 0 Å². The van der Waals surface area contributed by atoms with Crippen LogP contribution in [0.1, 0.15) is 36.9 Å². The fourth-order valence-electron chi connectivity index (χ4n) is 3.42. The highest BCUT2D eigenvalue weighted by molar-refractivity contribution is 6.31. The summed E-state index contributed by atoms with van der Waals surface area (Å²) < 4.78 is 0. The molecule has 2 aromatic rings. The second-order valence-corrected chi connectivity index (χ2v) is 7.40. The van der Waals surface area contributed by atoms with Gasteiger partial charge in [0, 0.05) is 28.7 Å². The molecular formula is C21H24ClN3O2. The highest BCUT2D eigenvalue weighted by Crippen LogP contribution is 2.31. The van der Waals surface area contributed by atoms with Crippen molar-refractivity contribution in [2.45, 2.75) is 39.2 Å². The third-order valence-electron chi connectivity index (χ3n) is 5.16. The highest BCUT2D eigenvalue weighted by atomic mass is 35.5. The van der Waals surface area contributed by atoms with Crippen molar-refractivity contribution in [3.8, 4) is 0 Å². The average Bonchev–Trinajstić information content (AvgIpc) is 2.70. The summed E-state index contributed by atoms with van der Waals surface area (Å²) in [5.41, 5.74) is 2.47. The van der Waals surface area contributed by atoms with Gasteiger partial charge in [0.1, 0.15) is 0 Å². The molecule has 2 amide bonds. The first kappa shape index (κ1) is 19.4. The van der Waals surface area contributed by atoms with E-state index in [1.54, 1.807) is 12.3 Å². The van der Waals surface area contributed by atoms with Crippen molar-refractivity contribution < 1.29 is 9.59 Å². The van der Waals surface area contributed by atoms with Crippen LogP contribution < -0.4 is 10.6 Å². The van der Waals surface area contributed by atoms with Gasteiger partial charge in [0.25, 0.3) is 0 Å². The van der Waals surface area contributed by atoms with Crippen molar-refractivity contribution in [2.75, 3.05) is 5.32 Å². The Labute approximate surface area is 164 Å². The number of hydrogen-bond donors (Lipinski definition) is 2. The van der Waals surface area contributed by atoms with E-state index in [9.17, 15) is 9.59 Å². The number of pyridine rings is 1. The predicted octanol–water partition coefficient (Wildman–Crippen LogP) is 4.10. The zero-order valence-electron chi connectivity index (χ0n) is 15.4. The summed E-state index contributed by atoms with van der Waals surface area (Å²) in [6, 6.07) is 11.1. The molecule has 1 aliphatic carbocycles. The molecule has 0 spiro atoms. The van der Waals surface area contributed by atoms with Crippen molar-refractivity contribution in [3.63, 3.8) is 0 Å². The van der Waals surface area contributed by atoms with Gasteiger partial charge in [0.15, 0.2) is 0 Å². The Bertz CT molecular complexity index is 802. The van der Waals surface area contributed by atoms with E-state index in [1.807, 2.05) is 37.3 Å². The van der Waals surface area contributed by atoms with Gasteiger partial charge in [0.05, 0.1) is 12.2 Å². The fourth-order valence-corrected chi connectivity index (χ4v) is 3.59. The van der Waals surface area contributed by atoms with Crippen LogP contribution in [0, 0.1) is 18.8 Å². The van der Waals surface area contributed by atoms with Gasteiger partial charge in [-0.2, -0.15) is 0 Å². The Kier molecular flexibility index (Phi) is 6.45. The number of rotatable bonds is 5. The maximum Gasteiger partial charge on any atom is 0.227 e. The molecule has 3 rings (SSSR count). The average molecular weight is 386 g/mol. The summed E-state index contributed by atoms with van der Waals surface area (Å²) in [5, 5.41) is 6.57. The second-order valence-electron chi connectivity index (χ2n) is 6.99. The van der Waals surface area contributed by atoms with Crippen LogP contribution in [0.15, 0.2) is 42.6 Å². The van der Waals surface area contributed by atoms with Gasteiger partial charge >= 0.3 is 0 Å². The van der Waals surface area contributed by atoms with Crippen LogP contribution in [0.5, 0.6) is 0 Å². The van der Waals surface area contributed by atoms with Gasteiger partial charge in [-0.05, 0) is 62.4 Å². The van der Waals surface area contributed by atoms with Crippen LogP contribution in [0.2, 0.25) is 5.02 Å². The Hall–Kier alpha value is -2.40. The van der Waals surface area contributed by atoms with Crippen LogP contribution in [-0.4, -0.2) is 16.8 Å². The van der Waals surface area contributed by atoms with Crippen LogP contribution in [0.4, 0.5) is 5.69 Å². The Morgan fingerprint density at radius 2 is 1.74 bits per heavy atom. The number of anilines is 1.